The largest absolute Gasteiger partial charge is 0.495 e. The summed E-state index contributed by atoms with van der Waals surface area (Å²) >= 11 is 5.53. The van der Waals surface area contributed by atoms with Crippen molar-refractivity contribution in [2.45, 2.75) is 24.4 Å². The van der Waals surface area contributed by atoms with Gasteiger partial charge in [0.2, 0.25) is 5.91 Å². The topological polar surface area (TPSA) is 84.5 Å². The molecule has 2 aromatic rings. The molecular weight excluding hydrogens is 421 g/mol. The number of nitrogens with one attached hydrogen (secondary N) is 2. The van der Waals surface area contributed by atoms with E-state index in [1.54, 1.807) is 6.92 Å². The normalized spacial score (nSPS) is 11.8. The molecule has 6 nitrogen and oxygen atoms in total. The lowest BCUT2D eigenvalue weighted by molar-refractivity contribution is -0.137. The van der Waals surface area contributed by atoms with E-state index in [1.165, 1.54) is 19.2 Å². The molecule has 0 aromatic heterocycles. The number of benzene rings is 2. The van der Waals surface area contributed by atoms with Crippen molar-refractivity contribution in [2.24, 2.45) is 0 Å². The molecule has 0 saturated carbocycles. The SMILES string of the molecule is CCC(=O)Nc1cc(S(=O)(=O)Nc2ccc(Cl)c(C(F)(F)F)c2)ccc1OC. The highest BCUT2D eigenvalue weighted by molar-refractivity contribution is 7.92. The third-order valence-electron chi connectivity index (χ3n) is 3.60. The lowest BCUT2D eigenvalue weighted by Crippen LogP contribution is -2.16. The highest BCUT2D eigenvalue weighted by Crippen LogP contribution is 2.37. The summed E-state index contributed by atoms with van der Waals surface area (Å²) in [6.45, 7) is 1.61. The first kappa shape index (κ1) is 21.8. The molecule has 0 radical (unpaired) electrons. The molecule has 0 atom stereocenters. The van der Waals surface area contributed by atoms with Crippen molar-refractivity contribution in [1.82, 2.24) is 0 Å². The molecule has 2 N–H and O–H groups in total. The van der Waals surface area contributed by atoms with Crippen LogP contribution in [0, 0.1) is 0 Å². The Bertz CT molecular complexity index is 994. The fourth-order valence-electron chi connectivity index (χ4n) is 2.21. The second-order valence-corrected chi connectivity index (χ2v) is 7.65. The van der Waals surface area contributed by atoms with E-state index in [0.29, 0.717) is 6.07 Å². The van der Waals surface area contributed by atoms with Crippen LogP contribution in [0.15, 0.2) is 41.3 Å². The Morgan fingerprint density at radius 3 is 2.43 bits per heavy atom. The fraction of sp³-hybridized carbons (Fsp3) is 0.235. The summed E-state index contributed by atoms with van der Waals surface area (Å²) in [7, 11) is -2.90. The molecule has 0 saturated heterocycles. The average molecular weight is 437 g/mol. The fourth-order valence-corrected chi connectivity index (χ4v) is 3.51. The first-order valence-electron chi connectivity index (χ1n) is 7.85. The molecule has 0 fully saturated rings. The van der Waals surface area contributed by atoms with Gasteiger partial charge in [-0.1, -0.05) is 18.5 Å². The second kappa shape index (κ2) is 8.27. The van der Waals surface area contributed by atoms with E-state index >= 15 is 0 Å². The van der Waals surface area contributed by atoms with E-state index in [-0.39, 0.29) is 34.3 Å². The molecule has 0 bridgehead atoms. The van der Waals surface area contributed by atoms with Crippen LogP contribution in [-0.2, 0) is 21.0 Å². The Kier molecular flexibility index (Phi) is 6.45. The Balaban J connectivity index is 2.40. The molecular formula is C17H16ClF3N2O4S. The maximum atomic E-state index is 13.0. The number of anilines is 2. The van der Waals surface area contributed by atoms with Gasteiger partial charge in [0.15, 0.2) is 0 Å². The van der Waals surface area contributed by atoms with Crippen LogP contribution in [0.4, 0.5) is 24.5 Å². The van der Waals surface area contributed by atoms with E-state index in [1.807, 2.05) is 0 Å². The number of amides is 1. The molecule has 0 aliphatic rings. The summed E-state index contributed by atoms with van der Waals surface area (Å²) in [5, 5.41) is 1.95. The Hall–Kier alpha value is -2.46. The van der Waals surface area contributed by atoms with Gasteiger partial charge in [-0.25, -0.2) is 8.42 Å². The van der Waals surface area contributed by atoms with Crippen molar-refractivity contribution >= 4 is 38.9 Å². The van der Waals surface area contributed by atoms with Crippen molar-refractivity contribution < 1.29 is 31.1 Å². The zero-order valence-corrected chi connectivity index (χ0v) is 16.3. The molecule has 1 amide bonds. The molecule has 0 spiro atoms. The number of carbonyl (C=O) groups excluding carboxylic acids is 1. The van der Waals surface area contributed by atoms with Crippen LogP contribution in [0.5, 0.6) is 5.75 Å². The minimum absolute atomic E-state index is 0.115. The van der Waals surface area contributed by atoms with Crippen molar-refractivity contribution in [1.29, 1.82) is 0 Å². The second-order valence-electron chi connectivity index (χ2n) is 5.56. The van der Waals surface area contributed by atoms with E-state index in [2.05, 4.69) is 10.0 Å². The number of ether oxygens (including phenoxy) is 1. The minimum Gasteiger partial charge on any atom is -0.495 e. The molecule has 11 heteroatoms. The lowest BCUT2D eigenvalue weighted by atomic mass is 10.2. The van der Waals surface area contributed by atoms with Crippen LogP contribution in [0.2, 0.25) is 5.02 Å². The molecule has 0 unspecified atom stereocenters. The number of sulfonamides is 1. The highest BCUT2D eigenvalue weighted by atomic mass is 35.5. The van der Waals surface area contributed by atoms with Crippen molar-refractivity contribution in [3.8, 4) is 5.75 Å². The molecule has 0 aliphatic carbocycles. The van der Waals surface area contributed by atoms with E-state index in [9.17, 15) is 26.4 Å². The van der Waals surface area contributed by atoms with Crippen LogP contribution in [-0.4, -0.2) is 21.4 Å². The van der Waals surface area contributed by atoms with Gasteiger partial charge >= 0.3 is 6.18 Å². The summed E-state index contributed by atoms with van der Waals surface area (Å²) in [5.74, 6) is -0.139. The van der Waals surface area contributed by atoms with Gasteiger partial charge in [0.05, 0.1) is 28.3 Å². The predicted molar refractivity (Wildman–Crippen MR) is 99.2 cm³/mol. The first-order chi connectivity index (χ1) is 13.0. The van der Waals surface area contributed by atoms with E-state index < -0.39 is 26.8 Å². The third-order valence-corrected chi connectivity index (χ3v) is 5.31. The molecule has 2 aromatic carbocycles. The van der Waals surface area contributed by atoms with Crippen molar-refractivity contribution in [3.05, 3.63) is 47.0 Å². The Morgan fingerprint density at radius 2 is 1.86 bits per heavy atom. The number of hydrogen-bond donors (Lipinski definition) is 2. The number of methoxy groups -OCH3 is 1. The Morgan fingerprint density at radius 1 is 1.18 bits per heavy atom. The maximum Gasteiger partial charge on any atom is 0.417 e. The van der Waals surface area contributed by atoms with Gasteiger partial charge in [-0.15, -0.1) is 0 Å². The summed E-state index contributed by atoms with van der Waals surface area (Å²) in [5.41, 5.74) is -1.36. The quantitative estimate of drug-likeness (QED) is 0.697. The standard InChI is InChI=1S/C17H16ClF3N2O4S/c1-3-16(24)22-14-9-11(5-7-15(14)27-2)28(25,26)23-10-4-6-13(18)12(8-10)17(19,20)21/h4-9,23H,3H2,1-2H3,(H,22,24). The number of hydrogen-bond acceptors (Lipinski definition) is 4. The van der Waals surface area contributed by atoms with Crippen LogP contribution in [0.3, 0.4) is 0 Å². The third kappa shape index (κ3) is 5.08. The molecule has 0 heterocycles. The number of rotatable bonds is 6. The van der Waals surface area contributed by atoms with Gasteiger partial charge in [-0.2, -0.15) is 13.2 Å². The van der Waals surface area contributed by atoms with Crippen LogP contribution in [0.25, 0.3) is 0 Å². The van der Waals surface area contributed by atoms with Crippen molar-refractivity contribution in [2.75, 3.05) is 17.1 Å². The van der Waals surface area contributed by atoms with Crippen molar-refractivity contribution in [3.63, 3.8) is 0 Å². The van der Waals surface area contributed by atoms with Gasteiger partial charge in [0.25, 0.3) is 10.0 Å². The smallest absolute Gasteiger partial charge is 0.417 e. The van der Waals surface area contributed by atoms with E-state index in [0.717, 1.165) is 18.2 Å². The molecule has 0 aliphatic heterocycles. The zero-order chi connectivity index (χ0) is 21.1. The number of halogens is 4. The summed E-state index contributed by atoms with van der Waals surface area (Å²) < 4.78 is 71.2. The first-order valence-corrected chi connectivity index (χ1v) is 9.71. The summed E-state index contributed by atoms with van der Waals surface area (Å²) in [6.07, 6.45) is -4.58. The lowest BCUT2D eigenvalue weighted by Gasteiger charge is -2.14. The van der Waals surface area contributed by atoms with Crippen LogP contribution >= 0.6 is 11.6 Å². The van der Waals surface area contributed by atoms with Gasteiger partial charge in [0, 0.05) is 12.1 Å². The molecule has 152 valence electrons. The molecule has 2 rings (SSSR count). The zero-order valence-electron chi connectivity index (χ0n) is 14.7. The van der Waals surface area contributed by atoms with Gasteiger partial charge < -0.3 is 10.1 Å². The minimum atomic E-state index is -4.74. The van der Waals surface area contributed by atoms with Gasteiger partial charge in [-0.05, 0) is 36.4 Å². The average Bonchev–Trinajstić information content (AvgIpc) is 2.62. The number of carbonyl (C=O) groups is 1. The summed E-state index contributed by atoms with van der Waals surface area (Å²) in [6, 6.07) is 6.33. The summed E-state index contributed by atoms with van der Waals surface area (Å²) in [4.78, 5) is 11.3. The maximum absolute atomic E-state index is 13.0. The molecule has 28 heavy (non-hydrogen) atoms. The number of alkyl halides is 3. The highest BCUT2D eigenvalue weighted by Gasteiger charge is 2.33. The van der Waals surface area contributed by atoms with Gasteiger partial charge in [-0.3, -0.25) is 9.52 Å². The van der Waals surface area contributed by atoms with Gasteiger partial charge in [0.1, 0.15) is 5.75 Å². The predicted octanol–water partition coefficient (Wildman–Crippen LogP) is 4.52. The van der Waals surface area contributed by atoms with E-state index in [4.69, 9.17) is 16.3 Å². The van der Waals surface area contributed by atoms with Crippen LogP contribution in [0.1, 0.15) is 18.9 Å². The Labute approximate surface area is 164 Å². The monoisotopic (exact) mass is 436 g/mol. The van der Waals surface area contributed by atoms with Crippen LogP contribution < -0.4 is 14.8 Å².